The third-order valence-electron chi connectivity index (χ3n) is 2.37. The van der Waals surface area contributed by atoms with Crippen molar-refractivity contribution in [2.45, 2.75) is 20.3 Å². The number of aliphatic hydroxyl groups excluding tert-OH is 1. The zero-order valence-corrected chi connectivity index (χ0v) is 7.75. The number of hydrogen-bond donors (Lipinski definition) is 1. The van der Waals surface area contributed by atoms with Crippen LogP contribution >= 0.6 is 0 Å². The molecule has 0 saturated carbocycles. The highest BCUT2D eigenvalue weighted by Crippen LogP contribution is 2.33. The fourth-order valence-electron chi connectivity index (χ4n) is 1.50. The van der Waals surface area contributed by atoms with Crippen molar-refractivity contribution in [1.82, 2.24) is 0 Å². The Morgan fingerprint density at radius 2 is 2.42 bits per heavy atom. The number of aliphatic hydroxyl groups is 1. The third-order valence-corrected chi connectivity index (χ3v) is 2.37. The molecule has 0 aromatic rings. The smallest absolute Gasteiger partial charge is 0.0557 e. The molecule has 66 valence electrons. The molecule has 0 amide bonds. The Balaban J connectivity index is 2.80. The van der Waals surface area contributed by atoms with Crippen LogP contribution in [0, 0.1) is 5.41 Å². The maximum atomic E-state index is 9.26. The molecule has 1 nitrogen and oxygen atoms in total. The van der Waals surface area contributed by atoms with E-state index in [9.17, 15) is 5.11 Å². The Hall–Kier alpha value is -0.820. The highest BCUT2D eigenvalue weighted by Gasteiger charge is 2.24. The Morgan fingerprint density at radius 3 is 2.83 bits per heavy atom. The summed E-state index contributed by atoms with van der Waals surface area (Å²) in [5, 5.41) is 9.26. The van der Waals surface area contributed by atoms with Gasteiger partial charge in [0.25, 0.3) is 0 Å². The van der Waals surface area contributed by atoms with E-state index >= 15 is 0 Å². The highest BCUT2D eigenvalue weighted by atomic mass is 16.3. The monoisotopic (exact) mass is 164 g/mol. The molecule has 0 bridgehead atoms. The molecule has 0 fully saturated rings. The summed E-state index contributed by atoms with van der Waals surface area (Å²) in [5.41, 5.74) is 1.14. The molecule has 0 aliphatic heterocycles. The molecule has 0 heterocycles. The van der Waals surface area contributed by atoms with Crippen LogP contribution in [0.5, 0.6) is 0 Å². The van der Waals surface area contributed by atoms with E-state index in [0.29, 0.717) is 0 Å². The van der Waals surface area contributed by atoms with Crippen LogP contribution in [0.25, 0.3) is 0 Å². The van der Waals surface area contributed by atoms with E-state index in [1.165, 1.54) is 5.57 Å². The lowest BCUT2D eigenvalue weighted by Gasteiger charge is -2.25. The van der Waals surface area contributed by atoms with Crippen LogP contribution in [0.2, 0.25) is 0 Å². The van der Waals surface area contributed by atoms with Gasteiger partial charge in [-0.3, -0.25) is 0 Å². The van der Waals surface area contributed by atoms with Gasteiger partial charge in [-0.15, -0.1) is 0 Å². The number of hydrogen-bond acceptors (Lipinski definition) is 1. The van der Waals surface area contributed by atoms with Crippen LogP contribution in [0.1, 0.15) is 20.3 Å². The maximum absolute atomic E-state index is 9.26. The van der Waals surface area contributed by atoms with Crippen LogP contribution < -0.4 is 0 Å². The first-order chi connectivity index (χ1) is 5.73. The fourth-order valence-corrected chi connectivity index (χ4v) is 1.50. The van der Waals surface area contributed by atoms with Crippen LogP contribution in [-0.4, -0.2) is 11.7 Å². The average molecular weight is 164 g/mol. The lowest BCUT2D eigenvalue weighted by molar-refractivity contribution is 0.210. The van der Waals surface area contributed by atoms with E-state index < -0.39 is 0 Å². The van der Waals surface area contributed by atoms with Crippen LogP contribution in [0.3, 0.4) is 0 Å². The van der Waals surface area contributed by atoms with Crippen LogP contribution in [-0.2, 0) is 0 Å². The Morgan fingerprint density at radius 1 is 1.67 bits per heavy atom. The fraction of sp³-hybridized carbons (Fsp3) is 0.455. The molecular weight excluding hydrogens is 148 g/mol. The van der Waals surface area contributed by atoms with Crippen molar-refractivity contribution < 1.29 is 5.11 Å². The molecule has 1 unspecified atom stereocenters. The lowest BCUT2D eigenvalue weighted by atomic mass is 9.82. The van der Waals surface area contributed by atoms with Gasteiger partial charge in [0.2, 0.25) is 0 Å². The second-order valence-electron chi connectivity index (χ2n) is 3.40. The molecule has 1 rings (SSSR count). The minimum absolute atomic E-state index is 0.155. The van der Waals surface area contributed by atoms with Crippen molar-refractivity contribution in [3.8, 4) is 0 Å². The SMILES string of the molecule is C/C=C/C(C)(CO)C1=CC=CC1. The second kappa shape index (κ2) is 3.72. The molecule has 1 aliphatic rings. The topological polar surface area (TPSA) is 20.2 Å². The molecule has 12 heavy (non-hydrogen) atoms. The van der Waals surface area contributed by atoms with E-state index in [0.717, 1.165) is 6.42 Å². The minimum atomic E-state index is -0.155. The Kier molecular flexibility index (Phi) is 2.88. The first-order valence-corrected chi connectivity index (χ1v) is 4.34. The molecule has 1 aliphatic carbocycles. The quantitative estimate of drug-likeness (QED) is 0.635. The van der Waals surface area contributed by atoms with Gasteiger partial charge in [0.1, 0.15) is 0 Å². The first-order valence-electron chi connectivity index (χ1n) is 4.34. The molecule has 0 saturated heterocycles. The number of rotatable bonds is 3. The summed E-state index contributed by atoms with van der Waals surface area (Å²) in [4.78, 5) is 0. The van der Waals surface area contributed by atoms with E-state index in [2.05, 4.69) is 25.2 Å². The van der Waals surface area contributed by atoms with Crippen LogP contribution in [0.15, 0.2) is 36.0 Å². The zero-order chi connectivity index (χ0) is 9.03. The van der Waals surface area contributed by atoms with Crippen molar-refractivity contribution in [3.63, 3.8) is 0 Å². The van der Waals surface area contributed by atoms with E-state index in [4.69, 9.17) is 0 Å². The Labute approximate surface area is 74.1 Å². The van der Waals surface area contributed by atoms with E-state index in [-0.39, 0.29) is 12.0 Å². The van der Waals surface area contributed by atoms with Crippen molar-refractivity contribution >= 4 is 0 Å². The van der Waals surface area contributed by atoms with Crippen LogP contribution in [0.4, 0.5) is 0 Å². The van der Waals surface area contributed by atoms with Gasteiger partial charge in [-0.05, 0) is 13.3 Å². The van der Waals surface area contributed by atoms with Gasteiger partial charge in [0, 0.05) is 5.41 Å². The molecule has 1 heteroatoms. The molecule has 0 spiro atoms. The summed E-state index contributed by atoms with van der Waals surface area (Å²) in [6, 6.07) is 0. The van der Waals surface area contributed by atoms with Crippen molar-refractivity contribution in [2.24, 2.45) is 5.41 Å². The maximum Gasteiger partial charge on any atom is 0.0557 e. The predicted molar refractivity (Wildman–Crippen MR) is 51.8 cm³/mol. The summed E-state index contributed by atoms with van der Waals surface area (Å²) >= 11 is 0. The van der Waals surface area contributed by atoms with Gasteiger partial charge in [-0.25, -0.2) is 0 Å². The van der Waals surface area contributed by atoms with Crippen molar-refractivity contribution in [3.05, 3.63) is 36.0 Å². The van der Waals surface area contributed by atoms with Gasteiger partial charge in [-0.1, -0.05) is 42.9 Å². The molecule has 0 aromatic heterocycles. The van der Waals surface area contributed by atoms with Gasteiger partial charge < -0.3 is 5.11 Å². The highest BCUT2D eigenvalue weighted by molar-refractivity contribution is 5.32. The van der Waals surface area contributed by atoms with Gasteiger partial charge in [0.15, 0.2) is 0 Å². The first kappa shape index (κ1) is 9.27. The molecule has 1 atom stereocenters. The van der Waals surface area contributed by atoms with Gasteiger partial charge in [0.05, 0.1) is 6.61 Å². The average Bonchev–Trinajstić information content (AvgIpc) is 2.57. The Bertz CT molecular complexity index is 235. The predicted octanol–water partition coefficient (Wildman–Crippen LogP) is 2.45. The van der Waals surface area contributed by atoms with Crippen molar-refractivity contribution in [2.75, 3.05) is 6.61 Å². The standard InChI is InChI=1S/C11H16O/c1-3-8-11(2,9-12)10-6-4-5-7-10/h3-6,8,12H,7,9H2,1-2H3/b8-3+. The normalized spacial score (nSPS) is 21.4. The summed E-state index contributed by atoms with van der Waals surface area (Å²) in [6.07, 6.45) is 11.3. The summed E-state index contributed by atoms with van der Waals surface area (Å²) in [6.45, 7) is 4.23. The summed E-state index contributed by atoms with van der Waals surface area (Å²) < 4.78 is 0. The zero-order valence-electron chi connectivity index (χ0n) is 7.75. The second-order valence-corrected chi connectivity index (χ2v) is 3.40. The molecule has 0 radical (unpaired) electrons. The minimum Gasteiger partial charge on any atom is -0.395 e. The molecule has 1 N–H and O–H groups in total. The number of allylic oxidation sites excluding steroid dienone is 4. The van der Waals surface area contributed by atoms with E-state index in [1.54, 1.807) is 0 Å². The van der Waals surface area contributed by atoms with Gasteiger partial charge >= 0.3 is 0 Å². The third kappa shape index (κ3) is 1.67. The van der Waals surface area contributed by atoms with E-state index in [1.807, 2.05) is 19.1 Å². The molecular formula is C11H16O. The molecule has 0 aromatic carbocycles. The van der Waals surface area contributed by atoms with Gasteiger partial charge in [-0.2, -0.15) is 0 Å². The summed E-state index contributed by atoms with van der Waals surface area (Å²) in [5.74, 6) is 0. The lowest BCUT2D eigenvalue weighted by Crippen LogP contribution is -2.20. The van der Waals surface area contributed by atoms with Crippen molar-refractivity contribution in [1.29, 1.82) is 0 Å². The summed E-state index contributed by atoms with van der Waals surface area (Å²) in [7, 11) is 0. The largest absolute Gasteiger partial charge is 0.395 e.